The molecule has 1 amide bonds. The molecule has 1 aromatic heterocycles. The predicted octanol–water partition coefficient (Wildman–Crippen LogP) is 1.90. The van der Waals surface area contributed by atoms with Crippen LogP contribution in [-0.2, 0) is 17.9 Å². The van der Waals surface area contributed by atoms with E-state index < -0.39 is 0 Å². The fourth-order valence-corrected chi connectivity index (χ4v) is 2.83. The third-order valence-electron chi connectivity index (χ3n) is 4.13. The number of hydrogen-bond donors (Lipinski definition) is 0. The van der Waals surface area contributed by atoms with E-state index in [4.69, 9.17) is 0 Å². The molecule has 3 rings (SSSR count). The van der Waals surface area contributed by atoms with Crippen molar-refractivity contribution in [2.24, 2.45) is 0 Å². The Hall–Kier alpha value is -2.37. The second kappa shape index (κ2) is 6.81. The van der Waals surface area contributed by atoms with E-state index in [2.05, 4.69) is 39.5 Å². The summed E-state index contributed by atoms with van der Waals surface area (Å²) in [4.78, 5) is 15.8. The van der Waals surface area contributed by atoms with Crippen molar-refractivity contribution in [3.05, 3.63) is 41.7 Å². The maximum absolute atomic E-state index is 11.9. The molecule has 1 aliphatic heterocycles. The van der Waals surface area contributed by atoms with Crippen LogP contribution in [0.3, 0.4) is 0 Å². The molecule has 0 bridgehead atoms. The molecule has 0 saturated carbocycles. The van der Waals surface area contributed by atoms with Crippen molar-refractivity contribution in [3.8, 4) is 0 Å². The summed E-state index contributed by atoms with van der Waals surface area (Å²) < 4.78 is 1.83. The average molecular weight is 313 g/mol. The summed E-state index contributed by atoms with van der Waals surface area (Å²) in [5.41, 5.74) is 3.20. The Bertz CT molecular complexity index is 679. The minimum Gasteiger partial charge on any atom is -0.378 e. The second-order valence-corrected chi connectivity index (χ2v) is 6.24. The number of carbonyl (C=O) groups excluding carboxylic acids is 1. The molecule has 23 heavy (non-hydrogen) atoms. The average Bonchev–Trinajstić information content (AvgIpc) is 2.97. The minimum absolute atomic E-state index is 0.226. The topological polar surface area (TPSA) is 54.3 Å². The van der Waals surface area contributed by atoms with Crippen LogP contribution in [0, 0.1) is 0 Å². The first-order valence-electron chi connectivity index (χ1n) is 8.05. The quantitative estimate of drug-likeness (QED) is 0.846. The SMILES string of the molecule is CN(C)c1cccc(Cn2cc(CN3CCCCC3=O)nn2)c1. The van der Waals surface area contributed by atoms with Gasteiger partial charge in [0.05, 0.1) is 19.3 Å². The van der Waals surface area contributed by atoms with Crippen LogP contribution < -0.4 is 4.90 Å². The van der Waals surface area contributed by atoms with Gasteiger partial charge in [0.15, 0.2) is 0 Å². The van der Waals surface area contributed by atoms with E-state index in [1.54, 1.807) is 0 Å². The zero-order valence-electron chi connectivity index (χ0n) is 13.8. The fourth-order valence-electron chi connectivity index (χ4n) is 2.83. The lowest BCUT2D eigenvalue weighted by Crippen LogP contribution is -2.34. The van der Waals surface area contributed by atoms with Gasteiger partial charge in [-0.15, -0.1) is 5.10 Å². The van der Waals surface area contributed by atoms with Gasteiger partial charge in [-0.25, -0.2) is 4.68 Å². The molecule has 1 fully saturated rings. The normalized spacial score (nSPS) is 15.0. The van der Waals surface area contributed by atoms with E-state index in [0.29, 0.717) is 19.5 Å². The first-order chi connectivity index (χ1) is 11.1. The largest absolute Gasteiger partial charge is 0.378 e. The Morgan fingerprint density at radius 2 is 2.09 bits per heavy atom. The molecule has 1 saturated heterocycles. The Morgan fingerprint density at radius 3 is 2.87 bits per heavy atom. The minimum atomic E-state index is 0.226. The molecule has 122 valence electrons. The molecule has 0 spiro atoms. The third-order valence-corrected chi connectivity index (χ3v) is 4.13. The predicted molar refractivity (Wildman–Crippen MR) is 89.2 cm³/mol. The molecule has 6 nitrogen and oxygen atoms in total. The van der Waals surface area contributed by atoms with Gasteiger partial charge in [-0.3, -0.25) is 4.79 Å². The monoisotopic (exact) mass is 313 g/mol. The first-order valence-corrected chi connectivity index (χ1v) is 8.05. The van der Waals surface area contributed by atoms with Crippen molar-refractivity contribution in [1.29, 1.82) is 0 Å². The summed E-state index contributed by atoms with van der Waals surface area (Å²) in [5.74, 6) is 0.226. The molecular formula is C17H23N5O. The van der Waals surface area contributed by atoms with Crippen LogP contribution in [0.15, 0.2) is 30.5 Å². The smallest absolute Gasteiger partial charge is 0.222 e. The Labute approximate surface area is 136 Å². The van der Waals surface area contributed by atoms with Gasteiger partial charge in [0.1, 0.15) is 5.69 Å². The zero-order chi connectivity index (χ0) is 16.2. The first kappa shape index (κ1) is 15.5. The van der Waals surface area contributed by atoms with Crippen LogP contribution in [-0.4, -0.2) is 46.4 Å². The molecular weight excluding hydrogens is 290 g/mol. The fraction of sp³-hybridized carbons (Fsp3) is 0.471. The molecule has 0 radical (unpaired) electrons. The Balaban J connectivity index is 1.65. The summed E-state index contributed by atoms with van der Waals surface area (Å²) in [6.45, 7) is 2.08. The summed E-state index contributed by atoms with van der Waals surface area (Å²) >= 11 is 0. The van der Waals surface area contributed by atoms with E-state index in [9.17, 15) is 4.79 Å². The highest BCUT2D eigenvalue weighted by molar-refractivity contribution is 5.76. The van der Waals surface area contributed by atoms with Crippen LogP contribution in [0.25, 0.3) is 0 Å². The number of nitrogens with zero attached hydrogens (tertiary/aromatic N) is 5. The highest BCUT2D eigenvalue weighted by Gasteiger charge is 2.19. The second-order valence-electron chi connectivity index (χ2n) is 6.24. The molecule has 0 aliphatic carbocycles. The van der Waals surface area contributed by atoms with E-state index in [1.807, 2.05) is 29.9 Å². The van der Waals surface area contributed by atoms with Crippen LogP contribution >= 0.6 is 0 Å². The van der Waals surface area contributed by atoms with E-state index in [1.165, 1.54) is 11.3 Å². The molecule has 2 aromatic rings. The number of likely N-dealkylation sites (tertiary alicyclic amines) is 1. The van der Waals surface area contributed by atoms with Gasteiger partial charge in [0.2, 0.25) is 5.91 Å². The number of anilines is 1. The summed E-state index contributed by atoms with van der Waals surface area (Å²) in [6.07, 6.45) is 4.68. The van der Waals surface area contributed by atoms with Crippen molar-refractivity contribution >= 4 is 11.6 Å². The number of piperidine rings is 1. The Morgan fingerprint density at radius 1 is 1.22 bits per heavy atom. The number of aromatic nitrogens is 3. The Kier molecular flexibility index (Phi) is 4.60. The van der Waals surface area contributed by atoms with Gasteiger partial charge in [-0.1, -0.05) is 17.3 Å². The molecule has 0 atom stereocenters. The van der Waals surface area contributed by atoms with Gasteiger partial charge in [-0.05, 0) is 30.5 Å². The highest BCUT2D eigenvalue weighted by atomic mass is 16.2. The molecule has 0 unspecified atom stereocenters. The highest BCUT2D eigenvalue weighted by Crippen LogP contribution is 2.15. The van der Waals surface area contributed by atoms with Gasteiger partial charge >= 0.3 is 0 Å². The lowest BCUT2D eigenvalue weighted by molar-refractivity contribution is -0.133. The van der Waals surface area contributed by atoms with Crippen LogP contribution in [0.5, 0.6) is 0 Å². The van der Waals surface area contributed by atoms with Crippen LogP contribution in [0.4, 0.5) is 5.69 Å². The van der Waals surface area contributed by atoms with E-state index in [0.717, 1.165) is 25.1 Å². The van der Waals surface area contributed by atoms with E-state index >= 15 is 0 Å². The zero-order valence-corrected chi connectivity index (χ0v) is 13.8. The molecule has 2 heterocycles. The molecule has 0 N–H and O–H groups in total. The van der Waals surface area contributed by atoms with Gasteiger partial charge in [0, 0.05) is 32.7 Å². The lowest BCUT2D eigenvalue weighted by atomic mass is 10.1. The van der Waals surface area contributed by atoms with Crippen LogP contribution in [0.1, 0.15) is 30.5 Å². The maximum atomic E-state index is 11.9. The van der Waals surface area contributed by atoms with Crippen molar-refractivity contribution in [2.75, 3.05) is 25.5 Å². The van der Waals surface area contributed by atoms with Crippen LogP contribution in [0.2, 0.25) is 0 Å². The molecule has 6 heteroatoms. The number of rotatable bonds is 5. The van der Waals surface area contributed by atoms with Gasteiger partial charge in [0.25, 0.3) is 0 Å². The van der Waals surface area contributed by atoms with Crippen molar-refractivity contribution in [2.45, 2.75) is 32.4 Å². The standard InChI is InChI=1S/C17H23N5O/c1-20(2)16-7-5-6-14(10-16)11-22-13-15(18-19-22)12-21-9-4-3-8-17(21)23/h5-7,10,13H,3-4,8-9,11-12H2,1-2H3. The molecule has 1 aromatic carbocycles. The summed E-state index contributed by atoms with van der Waals surface area (Å²) in [6, 6.07) is 8.37. The maximum Gasteiger partial charge on any atom is 0.222 e. The molecule has 1 aliphatic rings. The summed E-state index contributed by atoms with van der Waals surface area (Å²) in [7, 11) is 4.06. The summed E-state index contributed by atoms with van der Waals surface area (Å²) in [5, 5.41) is 8.40. The number of amides is 1. The number of carbonyl (C=O) groups is 1. The number of hydrogen-bond acceptors (Lipinski definition) is 4. The van der Waals surface area contributed by atoms with Gasteiger partial charge in [-0.2, -0.15) is 0 Å². The van der Waals surface area contributed by atoms with Gasteiger partial charge < -0.3 is 9.80 Å². The van der Waals surface area contributed by atoms with Crippen molar-refractivity contribution in [3.63, 3.8) is 0 Å². The lowest BCUT2D eigenvalue weighted by Gasteiger charge is -2.25. The number of benzene rings is 1. The third kappa shape index (κ3) is 3.88. The van der Waals surface area contributed by atoms with E-state index in [-0.39, 0.29) is 5.91 Å². The van der Waals surface area contributed by atoms with Crippen molar-refractivity contribution in [1.82, 2.24) is 19.9 Å². The van der Waals surface area contributed by atoms with Crippen molar-refractivity contribution < 1.29 is 4.79 Å².